The third-order valence-electron chi connectivity index (χ3n) is 4.37. The van der Waals surface area contributed by atoms with Gasteiger partial charge in [-0.2, -0.15) is 0 Å². The zero-order valence-corrected chi connectivity index (χ0v) is 16.5. The van der Waals surface area contributed by atoms with E-state index in [0.717, 1.165) is 24.8 Å². The molecule has 0 aliphatic heterocycles. The predicted molar refractivity (Wildman–Crippen MR) is 109 cm³/mol. The van der Waals surface area contributed by atoms with Gasteiger partial charge in [0.25, 0.3) is 0 Å². The van der Waals surface area contributed by atoms with Crippen LogP contribution in [0.25, 0.3) is 0 Å². The summed E-state index contributed by atoms with van der Waals surface area (Å²) < 4.78 is 10.5. The lowest BCUT2D eigenvalue weighted by Gasteiger charge is -2.10. The van der Waals surface area contributed by atoms with Gasteiger partial charge in [0.1, 0.15) is 0 Å². The first kappa shape index (κ1) is 21.3. The Balaban J connectivity index is 1.62. The molecule has 2 rings (SSSR count). The van der Waals surface area contributed by atoms with Crippen LogP contribution in [0.4, 0.5) is 0 Å². The Morgan fingerprint density at radius 2 is 1.43 bits per heavy atom. The number of aryl methyl sites for hydroxylation is 1. The summed E-state index contributed by atoms with van der Waals surface area (Å²) in [6.07, 6.45) is 3.36. The number of nitrogens with one attached hydrogen (secondary N) is 2. The normalized spacial score (nSPS) is 10.2. The number of hydrogen-bond acceptors (Lipinski definition) is 4. The number of benzene rings is 2. The molecule has 0 unspecified atom stereocenters. The van der Waals surface area contributed by atoms with Crippen LogP contribution in [0.15, 0.2) is 48.5 Å². The highest BCUT2D eigenvalue weighted by molar-refractivity contribution is 6.35. The Bertz CT molecular complexity index is 762. The van der Waals surface area contributed by atoms with Crippen LogP contribution in [0.5, 0.6) is 11.5 Å². The van der Waals surface area contributed by atoms with E-state index in [4.69, 9.17) is 9.47 Å². The number of carbonyl (C=O) groups is 2. The van der Waals surface area contributed by atoms with E-state index >= 15 is 0 Å². The molecule has 0 saturated carbocycles. The van der Waals surface area contributed by atoms with E-state index < -0.39 is 11.8 Å². The minimum atomic E-state index is -0.608. The summed E-state index contributed by atoms with van der Waals surface area (Å²) in [5, 5.41) is 5.30. The zero-order valence-electron chi connectivity index (χ0n) is 16.5. The molecule has 0 aliphatic rings. The molecule has 0 saturated heterocycles. The van der Waals surface area contributed by atoms with Gasteiger partial charge in [-0.1, -0.05) is 36.4 Å². The molecule has 0 aromatic heterocycles. The summed E-state index contributed by atoms with van der Waals surface area (Å²) in [6.45, 7) is 0.866. The quantitative estimate of drug-likeness (QED) is 0.487. The molecule has 2 aromatic carbocycles. The molecule has 0 bridgehead atoms. The number of carbonyl (C=O) groups excluding carboxylic acids is 2. The Labute approximate surface area is 166 Å². The van der Waals surface area contributed by atoms with Crippen LogP contribution in [0.3, 0.4) is 0 Å². The van der Waals surface area contributed by atoms with Gasteiger partial charge in [-0.3, -0.25) is 9.59 Å². The second kappa shape index (κ2) is 11.6. The van der Waals surface area contributed by atoms with Gasteiger partial charge in [-0.05, 0) is 48.9 Å². The number of unbranched alkanes of at least 4 members (excludes halogenated alkanes) is 1. The Hall–Kier alpha value is -3.02. The minimum absolute atomic E-state index is 0.371. The molecule has 0 atom stereocenters. The molecule has 0 aliphatic carbocycles. The fraction of sp³-hybridized carbons (Fsp3) is 0.364. The number of hydrogen-bond donors (Lipinski definition) is 2. The van der Waals surface area contributed by atoms with E-state index in [1.165, 1.54) is 5.56 Å². The molecule has 0 radical (unpaired) electrons. The third kappa shape index (κ3) is 6.95. The highest BCUT2D eigenvalue weighted by atomic mass is 16.5. The summed E-state index contributed by atoms with van der Waals surface area (Å²) in [4.78, 5) is 23.7. The molecular weight excluding hydrogens is 356 g/mol. The monoisotopic (exact) mass is 384 g/mol. The average Bonchev–Trinajstić information content (AvgIpc) is 2.73. The SMILES string of the molecule is COc1ccc(CCNC(=O)C(=O)NCCCCc2ccccc2)cc1OC. The van der Waals surface area contributed by atoms with Gasteiger partial charge in [0.05, 0.1) is 14.2 Å². The van der Waals surface area contributed by atoms with Crippen molar-refractivity contribution in [2.24, 2.45) is 0 Å². The standard InChI is InChI=1S/C22H28N2O4/c1-27-19-12-11-18(16-20(19)28-2)13-15-24-22(26)21(25)23-14-7-6-10-17-8-4-3-5-9-17/h3-5,8-9,11-12,16H,6-7,10,13-15H2,1-2H3,(H,23,25)(H,24,26). The first-order chi connectivity index (χ1) is 13.6. The summed E-state index contributed by atoms with van der Waals surface area (Å²) >= 11 is 0. The lowest BCUT2D eigenvalue weighted by atomic mass is 10.1. The van der Waals surface area contributed by atoms with Crippen molar-refractivity contribution < 1.29 is 19.1 Å². The molecule has 2 aromatic rings. The van der Waals surface area contributed by atoms with Crippen LogP contribution < -0.4 is 20.1 Å². The molecule has 6 heteroatoms. The summed E-state index contributed by atoms with van der Waals surface area (Å²) in [7, 11) is 3.16. The smallest absolute Gasteiger partial charge is 0.309 e. The van der Waals surface area contributed by atoms with Crippen molar-refractivity contribution in [3.63, 3.8) is 0 Å². The van der Waals surface area contributed by atoms with Gasteiger partial charge in [0.15, 0.2) is 11.5 Å². The first-order valence-electron chi connectivity index (χ1n) is 9.45. The maximum absolute atomic E-state index is 11.9. The van der Waals surface area contributed by atoms with Gasteiger partial charge >= 0.3 is 11.8 Å². The summed E-state index contributed by atoms with van der Waals surface area (Å²) in [5.41, 5.74) is 2.26. The van der Waals surface area contributed by atoms with Crippen molar-refractivity contribution in [1.29, 1.82) is 0 Å². The van der Waals surface area contributed by atoms with Crippen molar-refractivity contribution in [3.05, 3.63) is 59.7 Å². The van der Waals surface area contributed by atoms with E-state index in [2.05, 4.69) is 22.8 Å². The van der Waals surface area contributed by atoms with Crippen LogP contribution in [-0.2, 0) is 22.4 Å². The van der Waals surface area contributed by atoms with E-state index in [-0.39, 0.29) is 0 Å². The van der Waals surface area contributed by atoms with Gasteiger partial charge in [-0.15, -0.1) is 0 Å². The van der Waals surface area contributed by atoms with Crippen molar-refractivity contribution >= 4 is 11.8 Å². The average molecular weight is 384 g/mol. The molecule has 0 heterocycles. The van der Waals surface area contributed by atoms with Gasteiger partial charge in [0, 0.05) is 13.1 Å². The van der Waals surface area contributed by atoms with E-state index in [1.54, 1.807) is 14.2 Å². The zero-order chi connectivity index (χ0) is 20.2. The van der Waals surface area contributed by atoms with Crippen molar-refractivity contribution in [1.82, 2.24) is 10.6 Å². The molecule has 150 valence electrons. The van der Waals surface area contributed by atoms with Crippen LogP contribution in [0, 0.1) is 0 Å². The van der Waals surface area contributed by atoms with Gasteiger partial charge in [-0.25, -0.2) is 0 Å². The van der Waals surface area contributed by atoms with Crippen molar-refractivity contribution in [2.75, 3.05) is 27.3 Å². The molecule has 28 heavy (non-hydrogen) atoms. The lowest BCUT2D eigenvalue weighted by molar-refractivity contribution is -0.139. The van der Waals surface area contributed by atoms with E-state index in [0.29, 0.717) is 31.0 Å². The molecule has 6 nitrogen and oxygen atoms in total. The van der Waals surface area contributed by atoms with Crippen molar-refractivity contribution in [3.8, 4) is 11.5 Å². The fourth-order valence-electron chi connectivity index (χ4n) is 2.82. The first-order valence-corrected chi connectivity index (χ1v) is 9.45. The number of rotatable bonds is 10. The molecular formula is C22H28N2O4. The number of methoxy groups -OCH3 is 2. The van der Waals surface area contributed by atoms with Gasteiger partial charge < -0.3 is 20.1 Å². The van der Waals surface area contributed by atoms with Crippen LogP contribution in [0.1, 0.15) is 24.0 Å². The van der Waals surface area contributed by atoms with E-state index in [9.17, 15) is 9.59 Å². The highest BCUT2D eigenvalue weighted by Crippen LogP contribution is 2.27. The lowest BCUT2D eigenvalue weighted by Crippen LogP contribution is -2.41. The Morgan fingerprint density at radius 1 is 0.750 bits per heavy atom. The summed E-state index contributed by atoms with van der Waals surface area (Å²) in [5.74, 6) is 0.0945. The number of ether oxygens (including phenoxy) is 2. The molecule has 0 spiro atoms. The Morgan fingerprint density at radius 3 is 2.11 bits per heavy atom. The minimum Gasteiger partial charge on any atom is -0.493 e. The second-order valence-electron chi connectivity index (χ2n) is 6.39. The molecule has 0 fully saturated rings. The summed E-state index contributed by atoms with van der Waals surface area (Å²) in [6, 6.07) is 15.8. The highest BCUT2D eigenvalue weighted by Gasteiger charge is 2.12. The maximum Gasteiger partial charge on any atom is 0.309 e. The topological polar surface area (TPSA) is 76.7 Å². The van der Waals surface area contributed by atoms with Gasteiger partial charge in [0.2, 0.25) is 0 Å². The van der Waals surface area contributed by atoms with E-state index in [1.807, 2.05) is 36.4 Å². The van der Waals surface area contributed by atoms with Crippen LogP contribution in [-0.4, -0.2) is 39.1 Å². The fourth-order valence-corrected chi connectivity index (χ4v) is 2.82. The number of amides is 2. The second-order valence-corrected chi connectivity index (χ2v) is 6.39. The Kier molecular flexibility index (Phi) is 8.85. The maximum atomic E-state index is 11.9. The molecule has 2 amide bonds. The van der Waals surface area contributed by atoms with Crippen LogP contribution in [0.2, 0.25) is 0 Å². The third-order valence-corrected chi connectivity index (χ3v) is 4.37. The van der Waals surface area contributed by atoms with Crippen molar-refractivity contribution in [2.45, 2.75) is 25.7 Å². The molecule has 2 N–H and O–H groups in total. The van der Waals surface area contributed by atoms with Crippen LogP contribution >= 0.6 is 0 Å². The largest absolute Gasteiger partial charge is 0.493 e. The predicted octanol–water partition coefficient (Wildman–Crippen LogP) is 2.50.